The van der Waals surface area contributed by atoms with Gasteiger partial charge in [0.25, 0.3) is 0 Å². The lowest BCUT2D eigenvalue weighted by Gasteiger charge is -2.06. The fourth-order valence-corrected chi connectivity index (χ4v) is 3.32. The molecule has 0 aromatic rings. The van der Waals surface area contributed by atoms with E-state index < -0.39 is 35.7 Å². The SMILES string of the molecule is CCCCCCCCCC(C(=O)O)C(=O)O.CCCCCCCCCC(C(=O)O)C(=O)O. The van der Waals surface area contributed by atoms with E-state index in [2.05, 4.69) is 13.8 Å². The van der Waals surface area contributed by atoms with E-state index >= 15 is 0 Å². The van der Waals surface area contributed by atoms with E-state index in [0.717, 1.165) is 25.7 Å². The maximum Gasteiger partial charge on any atom is 0.317 e. The Bertz CT molecular complexity index is 444. The van der Waals surface area contributed by atoms with Gasteiger partial charge in [-0.1, -0.05) is 104 Å². The van der Waals surface area contributed by atoms with Crippen LogP contribution in [0.15, 0.2) is 0 Å². The van der Waals surface area contributed by atoms with Crippen molar-refractivity contribution in [2.24, 2.45) is 11.8 Å². The lowest BCUT2D eigenvalue weighted by molar-refractivity contribution is -0.156. The molecule has 0 bridgehead atoms. The van der Waals surface area contributed by atoms with Crippen LogP contribution in [0.2, 0.25) is 0 Å². The zero-order valence-electron chi connectivity index (χ0n) is 19.9. The summed E-state index contributed by atoms with van der Waals surface area (Å²) in [6.07, 6.45) is 15.6. The highest BCUT2D eigenvalue weighted by molar-refractivity contribution is 5.93. The van der Waals surface area contributed by atoms with Crippen LogP contribution in [0.4, 0.5) is 0 Å². The molecular formula is C24H44O8. The summed E-state index contributed by atoms with van der Waals surface area (Å²) < 4.78 is 0. The van der Waals surface area contributed by atoms with Crippen molar-refractivity contribution in [3.63, 3.8) is 0 Å². The van der Waals surface area contributed by atoms with E-state index in [1.807, 2.05) is 0 Å². The molecule has 0 saturated carbocycles. The summed E-state index contributed by atoms with van der Waals surface area (Å²) in [6.45, 7) is 4.31. The van der Waals surface area contributed by atoms with Crippen LogP contribution in [0.25, 0.3) is 0 Å². The van der Waals surface area contributed by atoms with E-state index in [-0.39, 0.29) is 12.8 Å². The average Bonchev–Trinajstić information content (AvgIpc) is 2.71. The predicted molar refractivity (Wildman–Crippen MR) is 123 cm³/mol. The minimum Gasteiger partial charge on any atom is -0.481 e. The van der Waals surface area contributed by atoms with Crippen LogP contribution >= 0.6 is 0 Å². The number of carboxylic acid groups (broad SMARTS) is 4. The van der Waals surface area contributed by atoms with Crippen molar-refractivity contribution in [1.29, 1.82) is 0 Å². The monoisotopic (exact) mass is 460 g/mol. The van der Waals surface area contributed by atoms with Gasteiger partial charge in [0.05, 0.1) is 0 Å². The fourth-order valence-electron chi connectivity index (χ4n) is 3.32. The van der Waals surface area contributed by atoms with Crippen LogP contribution in [0, 0.1) is 11.8 Å². The maximum atomic E-state index is 10.6. The van der Waals surface area contributed by atoms with E-state index in [0.29, 0.717) is 12.8 Å². The molecular weight excluding hydrogens is 416 g/mol. The van der Waals surface area contributed by atoms with Gasteiger partial charge in [-0.15, -0.1) is 0 Å². The molecule has 0 fully saturated rings. The first kappa shape index (κ1) is 32.1. The van der Waals surface area contributed by atoms with Crippen molar-refractivity contribution in [3.05, 3.63) is 0 Å². The summed E-state index contributed by atoms with van der Waals surface area (Å²) in [5, 5.41) is 34.5. The topological polar surface area (TPSA) is 149 Å². The molecule has 0 rings (SSSR count). The third kappa shape index (κ3) is 19.8. The van der Waals surface area contributed by atoms with Crippen LogP contribution in [0.5, 0.6) is 0 Å². The smallest absolute Gasteiger partial charge is 0.317 e. The number of carboxylic acids is 4. The molecule has 0 radical (unpaired) electrons. The quantitative estimate of drug-likeness (QED) is 0.131. The molecule has 0 aromatic carbocycles. The Morgan fingerprint density at radius 2 is 0.656 bits per heavy atom. The summed E-state index contributed by atoms with van der Waals surface area (Å²) in [6, 6.07) is 0. The molecule has 0 saturated heterocycles. The highest BCUT2D eigenvalue weighted by Gasteiger charge is 2.25. The lowest BCUT2D eigenvalue weighted by atomic mass is 10.0. The van der Waals surface area contributed by atoms with Crippen molar-refractivity contribution >= 4 is 23.9 Å². The Morgan fingerprint density at radius 3 is 0.875 bits per heavy atom. The van der Waals surface area contributed by atoms with E-state index in [1.165, 1.54) is 51.4 Å². The molecule has 0 spiro atoms. The van der Waals surface area contributed by atoms with Crippen LogP contribution in [0.3, 0.4) is 0 Å². The first-order valence-corrected chi connectivity index (χ1v) is 12.1. The lowest BCUT2D eigenvalue weighted by Crippen LogP contribution is -2.23. The summed E-state index contributed by atoms with van der Waals surface area (Å²) in [4.78, 5) is 42.3. The Balaban J connectivity index is 0. The van der Waals surface area contributed by atoms with Crippen molar-refractivity contribution < 1.29 is 39.6 Å². The largest absolute Gasteiger partial charge is 0.481 e. The molecule has 0 aliphatic rings. The first-order valence-electron chi connectivity index (χ1n) is 12.1. The van der Waals surface area contributed by atoms with Gasteiger partial charge in [-0.25, -0.2) is 0 Å². The number of hydrogen-bond donors (Lipinski definition) is 4. The van der Waals surface area contributed by atoms with Gasteiger partial charge in [-0.3, -0.25) is 19.2 Å². The average molecular weight is 461 g/mol. The van der Waals surface area contributed by atoms with E-state index in [1.54, 1.807) is 0 Å². The van der Waals surface area contributed by atoms with Gasteiger partial charge in [0.2, 0.25) is 0 Å². The van der Waals surface area contributed by atoms with Gasteiger partial charge in [-0.2, -0.15) is 0 Å². The van der Waals surface area contributed by atoms with Gasteiger partial charge in [-0.05, 0) is 12.8 Å². The standard InChI is InChI=1S/2C12H22O4/c2*1-2-3-4-5-6-7-8-9-10(11(13)14)12(15)16/h2*10H,2-9H2,1H3,(H,13,14)(H,15,16). The number of unbranched alkanes of at least 4 members (excludes halogenated alkanes) is 12. The number of rotatable bonds is 20. The van der Waals surface area contributed by atoms with E-state index in [4.69, 9.17) is 20.4 Å². The highest BCUT2D eigenvalue weighted by atomic mass is 16.4. The van der Waals surface area contributed by atoms with Crippen LogP contribution in [-0.4, -0.2) is 44.3 Å². The molecule has 0 amide bonds. The van der Waals surface area contributed by atoms with Crippen molar-refractivity contribution in [2.75, 3.05) is 0 Å². The Morgan fingerprint density at radius 1 is 0.438 bits per heavy atom. The second-order valence-electron chi connectivity index (χ2n) is 8.28. The normalized spacial score (nSPS) is 10.6. The minimum atomic E-state index is -1.23. The molecule has 32 heavy (non-hydrogen) atoms. The number of carbonyl (C=O) groups is 4. The van der Waals surface area contributed by atoms with E-state index in [9.17, 15) is 19.2 Å². The van der Waals surface area contributed by atoms with Gasteiger partial charge in [0.15, 0.2) is 11.8 Å². The van der Waals surface area contributed by atoms with Crippen LogP contribution < -0.4 is 0 Å². The molecule has 188 valence electrons. The van der Waals surface area contributed by atoms with Crippen molar-refractivity contribution in [1.82, 2.24) is 0 Å². The molecule has 0 aliphatic carbocycles. The molecule has 4 N–H and O–H groups in total. The second kappa shape index (κ2) is 22.1. The Labute approximate surface area is 192 Å². The van der Waals surface area contributed by atoms with Crippen molar-refractivity contribution in [2.45, 2.75) is 117 Å². The molecule has 0 atom stereocenters. The van der Waals surface area contributed by atoms with Gasteiger partial charge in [0, 0.05) is 0 Å². The van der Waals surface area contributed by atoms with Crippen LogP contribution in [0.1, 0.15) is 117 Å². The third-order valence-corrected chi connectivity index (χ3v) is 5.39. The zero-order chi connectivity index (χ0) is 24.8. The van der Waals surface area contributed by atoms with Gasteiger partial charge in [0.1, 0.15) is 0 Å². The number of aliphatic carboxylic acids is 4. The first-order chi connectivity index (χ1) is 15.2. The Kier molecular flexibility index (Phi) is 22.1. The summed E-state index contributed by atoms with van der Waals surface area (Å²) in [7, 11) is 0. The Hall–Kier alpha value is -2.12. The summed E-state index contributed by atoms with van der Waals surface area (Å²) >= 11 is 0. The van der Waals surface area contributed by atoms with Crippen molar-refractivity contribution in [3.8, 4) is 0 Å². The molecule has 0 heterocycles. The highest BCUT2D eigenvalue weighted by Crippen LogP contribution is 2.14. The number of hydrogen-bond acceptors (Lipinski definition) is 4. The molecule has 0 aromatic heterocycles. The minimum absolute atomic E-state index is 0.248. The van der Waals surface area contributed by atoms with Gasteiger partial charge < -0.3 is 20.4 Å². The predicted octanol–water partition coefficient (Wildman–Crippen LogP) is 5.83. The maximum absolute atomic E-state index is 10.6. The molecule has 0 unspecified atom stereocenters. The van der Waals surface area contributed by atoms with Crippen LogP contribution in [-0.2, 0) is 19.2 Å². The third-order valence-electron chi connectivity index (χ3n) is 5.39. The summed E-state index contributed by atoms with van der Waals surface area (Å²) in [5.41, 5.74) is 0. The fraction of sp³-hybridized carbons (Fsp3) is 0.833. The van der Waals surface area contributed by atoms with Gasteiger partial charge >= 0.3 is 23.9 Å². The molecule has 8 heteroatoms. The zero-order valence-corrected chi connectivity index (χ0v) is 19.9. The summed E-state index contributed by atoms with van der Waals surface area (Å²) in [5.74, 6) is -7.35. The molecule has 8 nitrogen and oxygen atoms in total. The molecule has 0 aliphatic heterocycles. The second-order valence-corrected chi connectivity index (χ2v) is 8.28.